The number of hydrogen-bond acceptors (Lipinski definition) is 10. The Kier molecular flexibility index (Phi) is 11.0. The summed E-state index contributed by atoms with van der Waals surface area (Å²) < 4.78 is 28.3. The SMILES string of the molecule is COCCC(=O)N(Cc1ccc2c(c1)OCO2)C1CC(C(=O)NCCO)=CC(Oc2c(I)cc(C=O)cc2OC)C1O. The summed E-state index contributed by atoms with van der Waals surface area (Å²) in [7, 11) is 2.92. The van der Waals surface area contributed by atoms with Crippen LogP contribution in [0, 0.1) is 3.57 Å². The van der Waals surface area contributed by atoms with Gasteiger partial charge in [0.1, 0.15) is 18.5 Å². The number of benzene rings is 2. The van der Waals surface area contributed by atoms with Crippen molar-refractivity contribution in [1.29, 1.82) is 0 Å². The number of nitrogens with zero attached hydrogens (tertiary/aromatic N) is 1. The number of aldehydes is 1. The topological polar surface area (TPSA) is 153 Å². The van der Waals surface area contributed by atoms with Crippen LogP contribution in [0.5, 0.6) is 23.0 Å². The van der Waals surface area contributed by atoms with Crippen LogP contribution in [-0.4, -0.2) is 92.2 Å². The predicted octanol–water partition coefficient (Wildman–Crippen LogP) is 1.82. The number of fused-ring (bicyclic) bond motifs is 1. The molecule has 3 atom stereocenters. The molecule has 3 N–H and O–H groups in total. The molecule has 226 valence electrons. The lowest BCUT2D eigenvalue weighted by molar-refractivity contribution is -0.140. The number of rotatable bonds is 13. The minimum atomic E-state index is -1.26. The van der Waals surface area contributed by atoms with Gasteiger partial charge in [-0.05, 0) is 58.5 Å². The Morgan fingerprint density at radius 1 is 1.19 bits per heavy atom. The smallest absolute Gasteiger partial charge is 0.247 e. The zero-order valence-electron chi connectivity index (χ0n) is 23.2. The highest BCUT2D eigenvalue weighted by atomic mass is 127. The lowest BCUT2D eigenvalue weighted by atomic mass is 9.87. The van der Waals surface area contributed by atoms with E-state index in [9.17, 15) is 24.6 Å². The largest absolute Gasteiger partial charge is 0.493 e. The fraction of sp³-hybridized carbons (Fsp3) is 0.414. The quantitative estimate of drug-likeness (QED) is 0.209. The second kappa shape index (κ2) is 14.7. The third kappa shape index (κ3) is 7.32. The molecule has 0 spiro atoms. The van der Waals surface area contributed by atoms with Crippen molar-refractivity contribution in [3.8, 4) is 23.0 Å². The number of methoxy groups -OCH3 is 2. The predicted molar refractivity (Wildman–Crippen MR) is 158 cm³/mol. The van der Waals surface area contributed by atoms with Crippen molar-refractivity contribution in [2.75, 3.05) is 40.8 Å². The summed E-state index contributed by atoms with van der Waals surface area (Å²) in [5.41, 5.74) is 1.39. The van der Waals surface area contributed by atoms with Crippen molar-refractivity contribution < 1.29 is 48.3 Å². The number of aliphatic hydroxyl groups is 2. The Morgan fingerprint density at radius 3 is 2.69 bits per heavy atom. The van der Waals surface area contributed by atoms with Crippen LogP contribution >= 0.6 is 22.6 Å². The van der Waals surface area contributed by atoms with Crippen molar-refractivity contribution in [3.05, 3.63) is 56.7 Å². The van der Waals surface area contributed by atoms with E-state index in [0.29, 0.717) is 26.9 Å². The fourth-order valence-electron chi connectivity index (χ4n) is 4.80. The average Bonchev–Trinajstić information content (AvgIpc) is 3.47. The highest BCUT2D eigenvalue weighted by molar-refractivity contribution is 14.1. The van der Waals surface area contributed by atoms with Crippen LogP contribution in [0.3, 0.4) is 0 Å². The first-order valence-electron chi connectivity index (χ1n) is 13.2. The molecule has 1 heterocycles. The van der Waals surface area contributed by atoms with Crippen LogP contribution in [0.1, 0.15) is 28.8 Å². The molecule has 2 aromatic rings. The summed E-state index contributed by atoms with van der Waals surface area (Å²) in [6, 6.07) is 7.58. The van der Waals surface area contributed by atoms with E-state index in [1.165, 1.54) is 31.3 Å². The molecule has 0 fully saturated rings. The summed E-state index contributed by atoms with van der Waals surface area (Å²) in [5, 5.41) is 23.6. The third-order valence-corrected chi connectivity index (χ3v) is 7.69. The van der Waals surface area contributed by atoms with Gasteiger partial charge in [-0.2, -0.15) is 0 Å². The maximum atomic E-state index is 13.6. The number of nitrogens with one attached hydrogen (secondary N) is 1. The molecule has 13 heteroatoms. The van der Waals surface area contributed by atoms with Gasteiger partial charge in [-0.3, -0.25) is 14.4 Å². The molecule has 2 aromatic carbocycles. The Labute approximate surface area is 256 Å². The van der Waals surface area contributed by atoms with Gasteiger partial charge in [0, 0.05) is 37.8 Å². The van der Waals surface area contributed by atoms with Crippen LogP contribution in [0.2, 0.25) is 0 Å². The van der Waals surface area contributed by atoms with Gasteiger partial charge >= 0.3 is 0 Å². The first kappa shape index (κ1) is 31.5. The van der Waals surface area contributed by atoms with Crippen molar-refractivity contribution >= 4 is 40.7 Å². The summed E-state index contributed by atoms with van der Waals surface area (Å²) in [5.74, 6) is 0.930. The number of halogens is 1. The maximum absolute atomic E-state index is 13.6. The second-order valence-electron chi connectivity index (χ2n) is 9.62. The Hall–Kier alpha value is -3.40. The molecule has 4 rings (SSSR count). The number of hydrogen-bond donors (Lipinski definition) is 3. The van der Waals surface area contributed by atoms with E-state index in [1.54, 1.807) is 24.3 Å². The summed E-state index contributed by atoms with van der Waals surface area (Å²) in [4.78, 5) is 39.5. The standard InChI is InChI=1S/C29H33IN2O10/c1-38-8-5-26(35)32(14-17-3-4-22-23(10-17)41-16-40-22)21-12-19(29(37)31-6-7-33)13-24(27(21)36)42-28-20(30)9-18(15-34)11-25(28)39-2/h3-4,9-11,13,15,21,24,27,33,36H,5-8,12,14,16H2,1-2H3,(H,31,37). The highest BCUT2D eigenvalue weighted by Gasteiger charge is 2.41. The molecular weight excluding hydrogens is 663 g/mol. The van der Waals surface area contributed by atoms with Gasteiger partial charge < -0.3 is 44.1 Å². The molecule has 0 radical (unpaired) electrons. The average molecular weight is 696 g/mol. The van der Waals surface area contributed by atoms with E-state index in [-0.39, 0.29) is 68.9 Å². The fourth-order valence-corrected chi connectivity index (χ4v) is 5.55. The van der Waals surface area contributed by atoms with Gasteiger partial charge in [0.2, 0.25) is 18.6 Å². The van der Waals surface area contributed by atoms with Crippen molar-refractivity contribution in [3.63, 3.8) is 0 Å². The minimum absolute atomic E-state index is 0.0276. The summed E-state index contributed by atoms with van der Waals surface area (Å²) in [6.07, 6.45) is -0.0632. The normalized spacial score (nSPS) is 19.1. The Morgan fingerprint density at radius 2 is 1.98 bits per heavy atom. The lowest BCUT2D eigenvalue weighted by Gasteiger charge is -2.40. The van der Waals surface area contributed by atoms with Crippen LogP contribution < -0.4 is 24.3 Å². The van der Waals surface area contributed by atoms with Gasteiger partial charge in [-0.15, -0.1) is 0 Å². The van der Waals surface area contributed by atoms with E-state index in [4.69, 9.17) is 23.7 Å². The number of carbonyl (C=O) groups excluding carboxylic acids is 3. The first-order chi connectivity index (χ1) is 20.3. The third-order valence-electron chi connectivity index (χ3n) is 6.89. The lowest BCUT2D eigenvalue weighted by Crippen LogP contribution is -2.55. The second-order valence-corrected chi connectivity index (χ2v) is 10.8. The highest BCUT2D eigenvalue weighted by Crippen LogP contribution is 2.38. The molecule has 0 bridgehead atoms. The molecular formula is C29H33IN2O10. The van der Waals surface area contributed by atoms with Crippen LogP contribution in [0.4, 0.5) is 0 Å². The van der Waals surface area contributed by atoms with Crippen molar-refractivity contribution in [2.24, 2.45) is 0 Å². The van der Waals surface area contributed by atoms with Crippen LogP contribution in [0.15, 0.2) is 42.0 Å². The molecule has 12 nitrogen and oxygen atoms in total. The summed E-state index contributed by atoms with van der Waals surface area (Å²) >= 11 is 2.00. The monoisotopic (exact) mass is 696 g/mol. The van der Waals surface area contributed by atoms with Crippen molar-refractivity contribution in [2.45, 2.75) is 37.6 Å². The number of amides is 2. The molecule has 3 unspecified atom stereocenters. The Bertz CT molecular complexity index is 1330. The zero-order chi connectivity index (χ0) is 30.2. The Balaban J connectivity index is 1.71. The maximum Gasteiger partial charge on any atom is 0.247 e. The van der Waals surface area contributed by atoms with E-state index in [1.807, 2.05) is 22.6 Å². The van der Waals surface area contributed by atoms with Crippen LogP contribution in [-0.2, 0) is 20.9 Å². The summed E-state index contributed by atoms with van der Waals surface area (Å²) in [6.45, 7) is 0.144. The molecule has 0 saturated carbocycles. The number of ether oxygens (including phenoxy) is 5. The molecule has 0 saturated heterocycles. The molecule has 0 aromatic heterocycles. The van der Waals surface area contributed by atoms with Gasteiger partial charge in [0.25, 0.3) is 0 Å². The van der Waals surface area contributed by atoms with Gasteiger partial charge in [-0.25, -0.2) is 0 Å². The number of carbonyl (C=O) groups is 3. The molecule has 1 aliphatic heterocycles. The van der Waals surface area contributed by atoms with E-state index in [2.05, 4.69) is 5.32 Å². The molecule has 2 aliphatic rings. The molecule has 1 aliphatic carbocycles. The van der Waals surface area contributed by atoms with E-state index in [0.717, 1.165) is 5.56 Å². The van der Waals surface area contributed by atoms with Gasteiger partial charge in [-0.1, -0.05) is 6.07 Å². The zero-order valence-corrected chi connectivity index (χ0v) is 25.4. The van der Waals surface area contributed by atoms with E-state index < -0.39 is 24.2 Å². The molecule has 42 heavy (non-hydrogen) atoms. The minimum Gasteiger partial charge on any atom is -0.493 e. The van der Waals surface area contributed by atoms with Crippen molar-refractivity contribution in [1.82, 2.24) is 10.2 Å². The number of aliphatic hydroxyl groups excluding tert-OH is 2. The first-order valence-corrected chi connectivity index (χ1v) is 14.3. The van der Waals surface area contributed by atoms with E-state index >= 15 is 0 Å². The molecule has 2 amide bonds. The van der Waals surface area contributed by atoms with Gasteiger partial charge in [0.05, 0.1) is 36.4 Å². The van der Waals surface area contributed by atoms with Crippen LogP contribution in [0.25, 0.3) is 0 Å². The van der Waals surface area contributed by atoms with Gasteiger partial charge in [0.15, 0.2) is 23.0 Å².